The molecule has 1 aromatic heterocycles. The molecule has 0 saturated heterocycles. The van der Waals surface area contributed by atoms with Gasteiger partial charge in [-0.3, -0.25) is 9.59 Å². The van der Waals surface area contributed by atoms with Gasteiger partial charge in [-0.2, -0.15) is 0 Å². The molecule has 0 aliphatic carbocycles. The largest absolute Gasteiger partial charge is 0.481 e. The van der Waals surface area contributed by atoms with E-state index >= 15 is 0 Å². The van der Waals surface area contributed by atoms with Gasteiger partial charge in [-0.15, -0.1) is 11.8 Å². The van der Waals surface area contributed by atoms with Gasteiger partial charge in [0.25, 0.3) is 5.56 Å². The molecule has 0 radical (unpaired) electrons. The number of pyridine rings is 1. The molecule has 1 heterocycles. The molecule has 0 spiro atoms. The van der Waals surface area contributed by atoms with E-state index in [0.29, 0.717) is 11.3 Å². The number of para-hydroxylation sites is 1. The molecule has 0 bridgehead atoms. The van der Waals surface area contributed by atoms with E-state index in [4.69, 9.17) is 5.11 Å². The number of hydrogen-bond donors (Lipinski definition) is 1. The lowest BCUT2D eigenvalue weighted by atomic mass is 10.1. The Bertz CT molecular complexity index is 648. The zero-order chi connectivity index (χ0) is 13.1. The molecule has 2 rings (SSSR count). The predicted octanol–water partition coefficient (Wildman–Crippen LogP) is 1.86. The Kier molecular flexibility index (Phi) is 3.72. The second kappa shape index (κ2) is 5.27. The first-order valence-electron chi connectivity index (χ1n) is 5.47. The van der Waals surface area contributed by atoms with Gasteiger partial charge < -0.3 is 9.67 Å². The van der Waals surface area contributed by atoms with Crippen LogP contribution in [0.25, 0.3) is 10.9 Å². The Labute approximate surface area is 108 Å². The van der Waals surface area contributed by atoms with Gasteiger partial charge in [0, 0.05) is 18.4 Å². The summed E-state index contributed by atoms with van der Waals surface area (Å²) in [6.07, 6.45) is 0. The third kappa shape index (κ3) is 2.56. The Morgan fingerprint density at radius 2 is 2.11 bits per heavy atom. The minimum Gasteiger partial charge on any atom is -0.481 e. The van der Waals surface area contributed by atoms with E-state index in [1.807, 2.05) is 30.3 Å². The molecule has 0 saturated carbocycles. The van der Waals surface area contributed by atoms with Crippen LogP contribution >= 0.6 is 11.8 Å². The predicted molar refractivity (Wildman–Crippen MR) is 73.0 cm³/mol. The number of aromatic nitrogens is 1. The smallest absolute Gasteiger partial charge is 0.313 e. The van der Waals surface area contributed by atoms with Gasteiger partial charge in [-0.25, -0.2) is 0 Å². The van der Waals surface area contributed by atoms with Crippen LogP contribution in [0.2, 0.25) is 0 Å². The first-order valence-corrected chi connectivity index (χ1v) is 6.62. The van der Waals surface area contributed by atoms with Gasteiger partial charge in [0.1, 0.15) is 0 Å². The molecule has 18 heavy (non-hydrogen) atoms. The summed E-state index contributed by atoms with van der Waals surface area (Å²) in [6, 6.07) is 9.49. The average Bonchev–Trinajstić information content (AvgIpc) is 2.35. The number of nitrogens with zero attached hydrogens (tertiary/aromatic N) is 1. The van der Waals surface area contributed by atoms with Crippen LogP contribution in [0.5, 0.6) is 0 Å². The summed E-state index contributed by atoms with van der Waals surface area (Å²) in [7, 11) is 1.73. The highest BCUT2D eigenvalue weighted by molar-refractivity contribution is 7.99. The molecule has 1 aromatic carbocycles. The zero-order valence-corrected chi connectivity index (χ0v) is 10.7. The van der Waals surface area contributed by atoms with Crippen molar-refractivity contribution in [1.82, 2.24) is 4.57 Å². The second-order valence-corrected chi connectivity index (χ2v) is 4.96. The number of carbonyl (C=O) groups is 1. The highest BCUT2D eigenvalue weighted by atomic mass is 32.2. The van der Waals surface area contributed by atoms with Crippen LogP contribution in [0.4, 0.5) is 0 Å². The molecule has 0 unspecified atom stereocenters. The van der Waals surface area contributed by atoms with E-state index in [1.165, 1.54) is 11.8 Å². The van der Waals surface area contributed by atoms with E-state index in [-0.39, 0.29) is 11.3 Å². The molecule has 0 atom stereocenters. The maximum absolute atomic E-state index is 12.1. The zero-order valence-electron chi connectivity index (χ0n) is 9.92. The van der Waals surface area contributed by atoms with Crippen LogP contribution in [0.15, 0.2) is 35.1 Å². The average molecular weight is 263 g/mol. The molecule has 1 N–H and O–H groups in total. The minimum absolute atomic E-state index is 0.00990. The van der Waals surface area contributed by atoms with Crippen LogP contribution in [0.1, 0.15) is 5.56 Å². The molecule has 5 heteroatoms. The maximum Gasteiger partial charge on any atom is 0.313 e. The number of aryl methyl sites for hydroxylation is 1. The van der Waals surface area contributed by atoms with Crippen LogP contribution in [0.3, 0.4) is 0 Å². The lowest BCUT2D eigenvalue weighted by molar-refractivity contribution is -0.133. The molecule has 94 valence electrons. The van der Waals surface area contributed by atoms with Crippen molar-refractivity contribution in [2.45, 2.75) is 5.75 Å². The lowest BCUT2D eigenvalue weighted by Crippen LogP contribution is -2.20. The molecule has 0 fully saturated rings. The molecule has 0 aliphatic heterocycles. The summed E-state index contributed by atoms with van der Waals surface area (Å²) in [5.74, 6) is -0.433. The normalized spacial score (nSPS) is 10.7. The summed E-state index contributed by atoms with van der Waals surface area (Å²) in [6.45, 7) is 0. The Balaban J connectivity index is 2.36. The van der Waals surface area contributed by atoms with Gasteiger partial charge in [0.15, 0.2) is 0 Å². The van der Waals surface area contributed by atoms with Crippen molar-refractivity contribution in [2.75, 3.05) is 5.75 Å². The third-order valence-corrected chi connectivity index (χ3v) is 3.66. The van der Waals surface area contributed by atoms with Gasteiger partial charge in [0.05, 0.1) is 11.3 Å². The first-order chi connectivity index (χ1) is 8.59. The molecule has 4 nitrogen and oxygen atoms in total. The standard InChI is InChI=1S/C13H13NO3S/c1-14-11-5-3-2-4-9(11)6-10(13(14)17)7-18-8-12(15)16/h2-6H,7-8H2,1H3,(H,15,16). The second-order valence-electron chi connectivity index (χ2n) is 3.98. The monoisotopic (exact) mass is 263 g/mol. The summed E-state index contributed by atoms with van der Waals surface area (Å²) in [4.78, 5) is 22.5. The molecule has 0 amide bonds. The van der Waals surface area contributed by atoms with E-state index < -0.39 is 5.97 Å². The quantitative estimate of drug-likeness (QED) is 0.914. The number of carboxylic acids is 1. The molecular formula is C13H13NO3S. The maximum atomic E-state index is 12.1. The highest BCUT2D eigenvalue weighted by Gasteiger charge is 2.07. The Hall–Kier alpha value is -1.75. The van der Waals surface area contributed by atoms with E-state index in [1.54, 1.807) is 11.6 Å². The Morgan fingerprint density at radius 1 is 1.39 bits per heavy atom. The number of hydrogen-bond acceptors (Lipinski definition) is 3. The van der Waals surface area contributed by atoms with Crippen molar-refractivity contribution >= 4 is 28.6 Å². The lowest BCUT2D eigenvalue weighted by Gasteiger charge is -2.07. The molecule has 2 aromatic rings. The fourth-order valence-corrected chi connectivity index (χ4v) is 2.54. The van der Waals surface area contributed by atoms with Crippen molar-refractivity contribution < 1.29 is 9.90 Å². The number of carboxylic acid groups (broad SMARTS) is 1. The molecular weight excluding hydrogens is 250 g/mol. The van der Waals surface area contributed by atoms with E-state index in [2.05, 4.69) is 0 Å². The van der Waals surface area contributed by atoms with E-state index in [9.17, 15) is 9.59 Å². The van der Waals surface area contributed by atoms with Crippen molar-refractivity contribution in [3.05, 3.63) is 46.2 Å². The number of rotatable bonds is 4. The van der Waals surface area contributed by atoms with Crippen LogP contribution in [-0.2, 0) is 17.6 Å². The van der Waals surface area contributed by atoms with Crippen molar-refractivity contribution in [3.8, 4) is 0 Å². The minimum atomic E-state index is -0.863. The summed E-state index contributed by atoms with van der Waals surface area (Å²) < 4.78 is 1.60. The number of aliphatic carboxylic acids is 1. The topological polar surface area (TPSA) is 59.3 Å². The van der Waals surface area contributed by atoms with Crippen LogP contribution in [-0.4, -0.2) is 21.4 Å². The molecule has 0 aliphatic rings. The van der Waals surface area contributed by atoms with Crippen LogP contribution in [0, 0.1) is 0 Å². The van der Waals surface area contributed by atoms with Gasteiger partial charge in [-0.1, -0.05) is 18.2 Å². The fraction of sp³-hybridized carbons (Fsp3) is 0.231. The number of thioether (sulfide) groups is 1. The van der Waals surface area contributed by atoms with E-state index in [0.717, 1.165) is 10.9 Å². The van der Waals surface area contributed by atoms with Crippen molar-refractivity contribution in [1.29, 1.82) is 0 Å². The Morgan fingerprint density at radius 3 is 2.83 bits per heavy atom. The summed E-state index contributed by atoms with van der Waals surface area (Å²) in [5.41, 5.74) is 1.46. The first kappa shape index (κ1) is 12.7. The van der Waals surface area contributed by atoms with Crippen LogP contribution < -0.4 is 5.56 Å². The van der Waals surface area contributed by atoms with Gasteiger partial charge >= 0.3 is 5.97 Å². The van der Waals surface area contributed by atoms with Crippen molar-refractivity contribution in [3.63, 3.8) is 0 Å². The number of benzene rings is 1. The number of fused-ring (bicyclic) bond motifs is 1. The van der Waals surface area contributed by atoms with Gasteiger partial charge in [0.2, 0.25) is 0 Å². The van der Waals surface area contributed by atoms with Crippen molar-refractivity contribution in [2.24, 2.45) is 7.05 Å². The summed E-state index contributed by atoms with van der Waals surface area (Å²) >= 11 is 1.23. The summed E-state index contributed by atoms with van der Waals surface area (Å²) in [5, 5.41) is 9.57. The third-order valence-electron chi connectivity index (χ3n) is 2.69. The SMILES string of the molecule is Cn1c(=O)c(CSCC(=O)O)cc2ccccc21. The van der Waals surface area contributed by atoms with Gasteiger partial charge in [-0.05, 0) is 17.5 Å². The fourth-order valence-electron chi connectivity index (χ4n) is 1.84. The highest BCUT2D eigenvalue weighted by Crippen LogP contribution is 2.15.